The highest BCUT2D eigenvalue weighted by molar-refractivity contribution is 6.31. The van der Waals surface area contributed by atoms with Crippen molar-refractivity contribution in [2.24, 2.45) is 0 Å². The van der Waals surface area contributed by atoms with Crippen LogP contribution in [0.1, 0.15) is 11.1 Å². The first-order valence-electron chi connectivity index (χ1n) is 7.89. The molecule has 0 radical (unpaired) electrons. The van der Waals surface area contributed by atoms with Crippen LogP contribution in [0.4, 0.5) is 5.69 Å². The van der Waals surface area contributed by atoms with E-state index in [4.69, 9.17) is 31.6 Å². The second kappa shape index (κ2) is 9.77. The van der Waals surface area contributed by atoms with Crippen LogP contribution in [0.5, 0.6) is 5.75 Å². The summed E-state index contributed by atoms with van der Waals surface area (Å²) >= 11 is 5.84. The minimum atomic E-state index is -0.944. The number of methoxy groups -OCH3 is 1. The molecule has 0 bridgehead atoms. The molecular formula is C20H14ClN3O4. The zero-order chi connectivity index (χ0) is 20.5. The predicted octanol–water partition coefficient (Wildman–Crippen LogP) is 3.31. The molecule has 0 aromatic heterocycles. The van der Waals surface area contributed by atoms with E-state index in [1.807, 2.05) is 6.07 Å². The largest absolute Gasteiger partial charge is 0.497 e. The van der Waals surface area contributed by atoms with Crippen molar-refractivity contribution in [2.75, 3.05) is 19.0 Å². The van der Waals surface area contributed by atoms with Crippen LogP contribution in [-0.4, -0.2) is 25.6 Å². The van der Waals surface area contributed by atoms with Gasteiger partial charge in [-0.05, 0) is 42.0 Å². The number of amides is 1. The number of hydrogen-bond acceptors (Lipinski definition) is 6. The number of hydrogen-bond donors (Lipinski definition) is 1. The Balaban J connectivity index is 2.00. The molecule has 0 atom stereocenters. The number of anilines is 1. The smallest absolute Gasteiger partial charge is 0.349 e. The van der Waals surface area contributed by atoms with Gasteiger partial charge in [-0.15, -0.1) is 0 Å². The van der Waals surface area contributed by atoms with Crippen molar-refractivity contribution in [3.63, 3.8) is 0 Å². The maximum Gasteiger partial charge on any atom is 0.349 e. The van der Waals surface area contributed by atoms with Gasteiger partial charge in [0.1, 0.15) is 23.5 Å². The zero-order valence-corrected chi connectivity index (χ0v) is 15.5. The lowest BCUT2D eigenvalue weighted by atomic mass is 10.1. The van der Waals surface area contributed by atoms with Gasteiger partial charge >= 0.3 is 5.97 Å². The van der Waals surface area contributed by atoms with E-state index in [1.165, 1.54) is 31.4 Å². The van der Waals surface area contributed by atoms with Crippen molar-refractivity contribution in [2.45, 2.75) is 0 Å². The minimum Gasteiger partial charge on any atom is -0.497 e. The zero-order valence-electron chi connectivity index (χ0n) is 14.7. The summed E-state index contributed by atoms with van der Waals surface area (Å²) in [5.41, 5.74) is 0.737. The molecule has 0 aliphatic rings. The van der Waals surface area contributed by atoms with Crippen molar-refractivity contribution < 1.29 is 19.1 Å². The monoisotopic (exact) mass is 395 g/mol. The van der Waals surface area contributed by atoms with E-state index in [2.05, 4.69) is 5.32 Å². The summed E-state index contributed by atoms with van der Waals surface area (Å²) in [6.07, 6.45) is 1.34. The maximum atomic E-state index is 12.0. The van der Waals surface area contributed by atoms with Gasteiger partial charge in [0.2, 0.25) is 0 Å². The number of nitriles is 2. The second-order valence-corrected chi connectivity index (χ2v) is 5.81. The van der Waals surface area contributed by atoms with Crippen LogP contribution in [0.25, 0.3) is 6.08 Å². The molecule has 2 aromatic carbocycles. The van der Waals surface area contributed by atoms with Gasteiger partial charge in [0.25, 0.3) is 5.91 Å². The Morgan fingerprint density at radius 3 is 2.50 bits per heavy atom. The van der Waals surface area contributed by atoms with Gasteiger partial charge in [0.05, 0.1) is 18.4 Å². The van der Waals surface area contributed by atoms with Crippen LogP contribution in [0.2, 0.25) is 5.02 Å². The Morgan fingerprint density at radius 2 is 1.89 bits per heavy atom. The lowest BCUT2D eigenvalue weighted by Crippen LogP contribution is -2.21. The van der Waals surface area contributed by atoms with Crippen LogP contribution >= 0.6 is 11.6 Å². The first kappa shape index (κ1) is 20.5. The van der Waals surface area contributed by atoms with Crippen LogP contribution < -0.4 is 10.1 Å². The number of halogens is 1. The Labute approximate surface area is 166 Å². The molecule has 28 heavy (non-hydrogen) atoms. The van der Waals surface area contributed by atoms with Gasteiger partial charge in [-0.1, -0.05) is 23.7 Å². The Bertz CT molecular complexity index is 1000. The minimum absolute atomic E-state index is 0.199. The van der Waals surface area contributed by atoms with Gasteiger partial charge in [0, 0.05) is 5.02 Å². The molecule has 7 nitrogen and oxygen atoms in total. The van der Waals surface area contributed by atoms with Gasteiger partial charge in [-0.2, -0.15) is 10.5 Å². The number of nitrogens with one attached hydrogen (secondary N) is 1. The molecule has 0 aliphatic carbocycles. The van der Waals surface area contributed by atoms with Crippen LogP contribution in [0.15, 0.2) is 48.0 Å². The van der Waals surface area contributed by atoms with E-state index in [1.54, 1.807) is 30.3 Å². The highest BCUT2D eigenvalue weighted by atomic mass is 35.5. The standard InChI is InChI=1S/C20H14ClN3O4/c1-27-17-6-2-13(3-7-17)8-15(11-23)20(26)28-12-19(25)24-18-9-16(21)5-4-14(18)10-22/h2-9H,12H2,1H3,(H,24,25)/b15-8-. The number of carbonyl (C=O) groups is 2. The molecule has 0 heterocycles. The van der Waals surface area contributed by atoms with Crippen molar-refractivity contribution in [1.29, 1.82) is 10.5 Å². The third kappa shape index (κ3) is 5.60. The molecule has 2 aromatic rings. The van der Waals surface area contributed by atoms with E-state index >= 15 is 0 Å². The van der Waals surface area contributed by atoms with Gasteiger partial charge in [-0.25, -0.2) is 4.79 Å². The summed E-state index contributed by atoms with van der Waals surface area (Å²) in [7, 11) is 1.52. The molecule has 0 unspecified atom stereocenters. The number of benzene rings is 2. The fourth-order valence-electron chi connectivity index (χ4n) is 2.12. The lowest BCUT2D eigenvalue weighted by Gasteiger charge is -2.08. The third-order valence-electron chi connectivity index (χ3n) is 3.48. The number of nitrogens with zero attached hydrogens (tertiary/aromatic N) is 2. The van der Waals surface area contributed by atoms with E-state index < -0.39 is 18.5 Å². The maximum absolute atomic E-state index is 12.0. The molecule has 0 saturated heterocycles. The topological polar surface area (TPSA) is 112 Å². The number of carbonyl (C=O) groups excluding carboxylic acids is 2. The van der Waals surface area contributed by atoms with E-state index in [9.17, 15) is 9.59 Å². The number of ether oxygens (including phenoxy) is 2. The predicted molar refractivity (Wildman–Crippen MR) is 102 cm³/mol. The molecule has 0 spiro atoms. The molecular weight excluding hydrogens is 382 g/mol. The number of rotatable bonds is 6. The highest BCUT2D eigenvalue weighted by Crippen LogP contribution is 2.20. The molecule has 1 amide bonds. The fourth-order valence-corrected chi connectivity index (χ4v) is 2.29. The summed E-state index contributed by atoms with van der Waals surface area (Å²) in [6.45, 7) is -0.627. The molecule has 1 N–H and O–H groups in total. The Kier molecular flexibility index (Phi) is 7.15. The summed E-state index contributed by atoms with van der Waals surface area (Å²) < 4.78 is 9.90. The molecule has 0 aliphatic heterocycles. The molecule has 0 fully saturated rings. The normalized spacial score (nSPS) is 10.4. The molecule has 0 saturated carbocycles. The third-order valence-corrected chi connectivity index (χ3v) is 3.71. The van der Waals surface area contributed by atoms with Gasteiger partial charge in [0.15, 0.2) is 6.61 Å². The first-order chi connectivity index (χ1) is 13.5. The van der Waals surface area contributed by atoms with Gasteiger partial charge < -0.3 is 14.8 Å². The Hall–Kier alpha value is -3.81. The van der Waals surface area contributed by atoms with Crippen molar-refractivity contribution in [1.82, 2.24) is 0 Å². The lowest BCUT2D eigenvalue weighted by molar-refractivity contribution is -0.142. The van der Waals surface area contributed by atoms with Gasteiger partial charge in [-0.3, -0.25) is 4.79 Å². The fraction of sp³-hybridized carbons (Fsp3) is 0.100. The first-order valence-corrected chi connectivity index (χ1v) is 8.27. The molecule has 8 heteroatoms. The number of esters is 1. The van der Waals surface area contributed by atoms with Crippen LogP contribution in [0, 0.1) is 22.7 Å². The van der Waals surface area contributed by atoms with Crippen molar-refractivity contribution in [3.8, 4) is 17.9 Å². The highest BCUT2D eigenvalue weighted by Gasteiger charge is 2.14. The molecule has 140 valence electrons. The van der Waals surface area contributed by atoms with E-state index in [-0.39, 0.29) is 16.8 Å². The quantitative estimate of drug-likeness (QED) is 0.456. The summed E-state index contributed by atoms with van der Waals surface area (Å²) in [6, 6.07) is 14.7. The Morgan fingerprint density at radius 1 is 1.18 bits per heavy atom. The van der Waals surface area contributed by atoms with Crippen molar-refractivity contribution >= 4 is 35.2 Å². The summed E-state index contributed by atoms with van der Waals surface area (Å²) in [5.74, 6) is -0.985. The SMILES string of the molecule is COc1ccc(/C=C(/C#N)C(=O)OCC(=O)Nc2cc(Cl)ccc2C#N)cc1. The average Bonchev–Trinajstić information content (AvgIpc) is 2.71. The summed E-state index contributed by atoms with van der Waals surface area (Å²) in [4.78, 5) is 24.0. The van der Waals surface area contributed by atoms with E-state index in [0.717, 1.165) is 0 Å². The second-order valence-electron chi connectivity index (χ2n) is 5.37. The average molecular weight is 396 g/mol. The van der Waals surface area contributed by atoms with Crippen molar-refractivity contribution in [3.05, 3.63) is 64.2 Å². The summed E-state index contributed by atoms with van der Waals surface area (Å²) in [5, 5.41) is 21.0. The van der Waals surface area contributed by atoms with Crippen LogP contribution in [0.3, 0.4) is 0 Å². The van der Waals surface area contributed by atoms with Crippen LogP contribution in [-0.2, 0) is 14.3 Å². The van der Waals surface area contributed by atoms with E-state index in [0.29, 0.717) is 16.3 Å². The molecule has 2 rings (SSSR count).